The van der Waals surface area contributed by atoms with Gasteiger partial charge in [-0.25, -0.2) is 4.68 Å². The van der Waals surface area contributed by atoms with Gasteiger partial charge in [-0.15, -0.1) is 0 Å². The predicted molar refractivity (Wildman–Crippen MR) is 95.6 cm³/mol. The Morgan fingerprint density at radius 1 is 1.12 bits per heavy atom. The summed E-state index contributed by atoms with van der Waals surface area (Å²) in [5.74, 6) is 2.07. The van der Waals surface area contributed by atoms with Gasteiger partial charge in [-0.3, -0.25) is 0 Å². The molecule has 2 heterocycles. The van der Waals surface area contributed by atoms with Crippen LogP contribution in [0.25, 0.3) is 17.1 Å². The molecule has 0 atom stereocenters. The van der Waals surface area contributed by atoms with Crippen molar-refractivity contribution in [3.05, 3.63) is 42.0 Å². The van der Waals surface area contributed by atoms with Gasteiger partial charge in [0.05, 0.1) is 19.9 Å². The summed E-state index contributed by atoms with van der Waals surface area (Å²) < 4.78 is 17.9. The Hall–Kier alpha value is -3.27. The molecule has 0 radical (unpaired) electrons. The number of ether oxygens (including phenoxy) is 2. The van der Waals surface area contributed by atoms with Crippen LogP contribution in [0, 0.1) is 11.3 Å². The summed E-state index contributed by atoms with van der Waals surface area (Å²) in [5, 5.41) is 13.9. The maximum absolute atomic E-state index is 9.36. The van der Waals surface area contributed by atoms with Crippen molar-refractivity contribution in [2.45, 2.75) is 26.2 Å². The molecule has 3 rings (SSSR count). The number of oxazole rings is 1. The molecule has 0 saturated carbocycles. The van der Waals surface area contributed by atoms with Gasteiger partial charge >= 0.3 is 0 Å². The van der Waals surface area contributed by atoms with Crippen molar-refractivity contribution in [2.75, 3.05) is 14.2 Å². The van der Waals surface area contributed by atoms with E-state index < -0.39 is 0 Å². The van der Waals surface area contributed by atoms with E-state index in [2.05, 4.69) is 16.2 Å². The van der Waals surface area contributed by atoms with Gasteiger partial charge in [0.15, 0.2) is 11.5 Å². The summed E-state index contributed by atoms with van der Waals surface area (Å²) in [5.41, 5.74) is 1.47. The minimum Gasteiger partial charge on any atom is -0.493 e. The molecule has 0 aliphatic heterocycles. The number of nitriles is 1. The van der Waals surface area contributed by atoms with E-state index >= 15 is 0 Å². The van der Waals surface area contributed by atoms with Crippen molar-refractivity contribution in [1.82, 2.24) is 14.8 Å². The van der Waals surface area contributed by atoms with E-state index in [1.165, 1.54) is 4.68 Å². The molecule has 2 aromatic heterocycles. The van der Waals surface area contributed by atoms with E-state index in [4.69, 9.17) is 13.9 Å². The fraction of sp³-hybridized carbons (Fsp3) is 0.316. The first kappa shape index (κ1) is 17.5. The third-order valence-electron chi connectivity index (χ3n) is 3.83. The van der Waals surface area contributed by atoms with Crippen molar-refractivity contribution >= 4 is 0 Å². The molecule has 7 nitrogen and oxygen atoms in total. The number of aromatic nitrogens is 3. The lowest BCUT2D eigenvalue weighted by atomic mass is 9.97. The first-order chi connectivity index (χ1) is 12.4. The lowest BCUT2D eigenvalue weighted by molar-refractivity contribution is 0.355. The summed E-state index contributed by atoms with van der Waals surface area (Å²) in [6.07, 6.45) is 1.74. The summed E-state index contributed by atoms with van der Waals surface area (Å²) in [6.45, 7) is 5.92. The second-order valence-corrected chi connectivity index (χ2v) is 6.75. The molecule has 7 heteroatoms. The van der Waals surface area contributed by atoms with E-state index in [0.717, 1.165) is 5.56 Å². The molecule has 0 spiro atoms. The summed E-state index contributed by atoms with van der Waals surface area (Å²) in [4.78, 5) is 4.28. The molecule has 0 saturated heterocycles. The second-order valence-electron chi connectivity index (χ2n) is 6.75. The minimum atomic E-state index is -0.302. The van der Waals surface area contributed by atoms with E-state index in [-0.39, 0.29) is 11.1 Å². The smallest absolute Gasteiger partial charge is 0.259 e. The Morgan fingerprint density at radius 3 is 2.46 bits per heavy atom. The van der Waals surface area contributed by atoms with Crippen molar-refractivity contribution in [3.8, 4) is 34.7 Å². The quantitative estimate of drug-likeness (QED) is 0.711. The molecule has 134 valence electrons. The monoisotopic (exact) mass is 352 g/mol. The number of rotatable bonds is 4. The maximum atomic E-state index is 9.36. The highest BCUT2D eigenvalue weighted by molar-refractivity contribution is 5.64. The molecule has 0 fully saturated rings. The molecular formula is C19H20N4O3. The fourth-order valence-electron chi connectivity index (χ4n) is 2.45. The third-order valence-corrected chi connectivity index (χ3v) is 3.83. The van der Waals surface area contributed by atoms with Crippen LogP contribution in [0.5, 0.6) is 11.5 Å². The zero-order chi connectivity index (χ0) is 18.9. The highest BCUT2D eigenvalue weighted by Crippen LogP contribution is 2.32. The zero-order valence-corrected chi connectivity index (χ0v) is 15.4. The minimum absolute atomic E-state index is 0.205. The third kappa shape index (κ3) is 3.14. The number of hydrogen-bond donors (Lipinski definition) is 0. The van der Waals surface area contributed by atoms with Crippen LogP contribution < -0.4 is 9.47 Å². The molecule has 1 aromatic carbocycles. The topological polar surface area (TPSA) is 86.1 Å². The largest absolute Gasteiger partial charge is 0.493 e. The lowest BCUT2D eigenvalue weighted by Crippen LogP contribution is -2.11. The Balaban J connectivity index is 2.01. The van der Waals surface area contributed by atoms with Crippen molar-refractivity contribution in [1.29, 1.82) is 5.26 Å². The van der Waals surface area contributed by atoms with Crippen LogP contribution in [0.3, 0.4) is 0 Å². The molecule has 3 aromatic rings. The standard InChI is InChI=1S/C19H20N4O3/c1-19(2,3)18-21-14(11-20)17(26-18)23-9-8-13(22-23)12-6-7-15(24-4)16(10-12)25-5/h6-10H,1-5H3. The van der Waals surface area contributed by atoms with E-state index in [9.17, 15) is 5.26 Å². The first-order valence-corrected chi connectivity index (χ1v) is 8.07. The predicted octanol–water partition coefficient (Wildman–Crippen LogP) is 3.71. The molecular weight excluding hydrogens is 332 g/mol. The Labute approximate surface area is 151 Å². The number of methoxy groups -OCH3 is 2. The maximum Gasteiger partial charge on any atom is 0.259 e. The van der Waals surface area contributed by atoms with Crippen molar-refractivity contribution < 1.29 is 13.9 Å². The van der Waals surface area contributed by atoms with Crippen LogP contribution in [-0.4, -0.2) is 29.0 Å². The highest BCUT2D eigenvalue weighted by Gasteiger charge is 2.25. The van der Waals surface area contributed by atoms with Crippen LogP contribution in [0.15, 0.2) is 34.9 Å². The van der Waals surface area contributed by atoms with E-state index in [0.29, 0.717) is 29.0 Å². The van der Waals surface area contributed by atoms with Crippen LogP contribution in [0.1, 0.15) is 32.4 Å². The van der Waals surface area contributed by atoms with Gasteiger partial charge in [0, 0.05) is 17.2 Å². The number of hydrogen-bond acceptors (Lipinski definition) is 6. The average molecular weight is 352 g/mol. The second kappa shape index (κ2) is 6.56. The van der Waals surface area contributed by atoms with E-state index in [1.807, 2.05) is 45.0 Å². The zero-order valence-electron chi connectivity index (χ0n) is 15.4. The molecule has 0 unspecified atom stereocenters. The van der Waals surface area contributed by atoms with Gasteiger partial charge in [0.2, 0.25) is 11.6 Å². The van der Waals surface area contributed by atoms with E-state index in [1.54, 1.807) is 20.4 Å². The Bertz CT molecular complexity index is 974. The molecule has 0 aliphatic rings. The Morgan fingerprint density at radius 2 is 1.85 bits per heavy atom. The van der Waals surface area contributed by atoms with Gasteiger partial charge in [0.1, 0.15) is 6.07 Å². The lowest BCUT2D eigenvalue weighted by Gasteiger charge is -2.11. The van der Waals surface area contributed by atoms with Gasteiger partial charge in [-0.2, -0.15) is 15.3 Å². The van der Waals surface area contributed by atoms with Crippen LogP contribution in [0.2, 0.25) is 0 Å². The normalized spacial score (nSPS) is 11.2. The Kier molecular flexibility index (Phi) is 4.43. The fourth-order valence-corrected chi connectivity index (χ4v) is 2.45. The summed E-state index contributed by atoms with van der Waals surface area (Å²) >= 11 is 0. The van der Waals surface area contributed by atoms with Gasteiger partial charge in [-0.1, -0.05) is 20.8 Å². The molecule has 0 bridgehead atoms. The van der Waals surface area contributed by atoms with Gasteiger partial charge in [0.25, 0.3) is 5.88 Å². The molecule has 0 aliphatic carbocycles. The summed E-state index contributed by atoms with van der Waals surface area (Å²) in [7, 11) is 3.17. The van der Waals surface area contributed by atoms with Gasteiger partial charge in [-0.05, 0) is 24.3 Å². The molecule has 0 amide bonds. The SMILES string of the molecule is COc1ccc(-c2ccn(-c3oc(C(C)(C)C)nc3C#N)n2)cc1OC. The number of nitrogens with zero attached hydrogens (tertiary/aromatic N) is 4. The van der Waals surface area contributed by atoms with Crippen LogP contribution in [-0.2, 0) is 5.41 Å². The summed E-state index contributed by atoms with van der Waals surface area (Å²) in [6, 6.07) is 9.46. The van der Waals surface area contributed by atoms with Crippen molar-refractivity contribution in [2.24, 2.45) is 0 Å². The molecule has 0 N–H and O–H groups in total. The highest BCUT2D eigenvalue weighted by atomic mass is 16.5. The average Bonchev–Trinajstić information content (AvgIpc) is 3.27. The van der Waals surface area contributed by atoms with Crippen LogP contribution >= 0.6 is 0 Å². The molecule has 26 heavy (non-hydrogen) atoms. The van der Waals surface area contributed by atoms with Crippen LogP contribution in [0.4, 0.5) is 0 Å². The van der Waals surface area contributed by atoms with Gasteiger partial charge < -0.3 is 13.9 Å². The number of benzene rings is 1. The van der Waals surface area contributed by atoms with Crippen molar-refractivity contribution in [3.63, 3.8) is 0 Å². The first-order valence-electron chi connectivity index (χ1n) is 8.07.